The molecule has 34 heavy (non-hydrogen) atoms. The smallest absolute Gasteiger partial charge is 0.313 e. The normalized spacial score (nSPS) is 51.8. The van der Waals surface area contributed by atoms with Gasteiger partial charge in [-0.3, -0.25) is 9.59 Å². The number of carbonyl (C=O) groups is 3. The number of carboxylic acid groups (broad SMARTS) is 1. The first-order valence-electron chi connectivity index (χ1n) is 13.7. The second-order valence-corrected chi connectivity index (χ2v) is 14.4. The van der Waals surface area contributed by atoms with Gasteiger partial charge >= 0.3 is 5.97 Å². The highest BCUT2D eigenvalue weighted by molar-refractivity contribution is 5.99. The van der Waals surface area contributed by atoms with Gasteiger partial charge in [0.05, 0.1) is 10.8 Å². The van der Waals surface area contributed by atoms with E-state index < -0.39 is 16.8 Å². The van der Waals surface area contributed by atoms with Gasteiger partial charge < -0.3 is 9.90 Å². The molecule has 0 aliphatic heterocycles. The van der Waals surface area contributed by atoms with E-state index in [1.54, 1.807) is 0 Å². The molecule has 0 aromatic carbocycles. The summed E-state index contributed by atoms with van der Waals surface area (Å²) in [6.07, 6.45) is 12.2. The van der Waals surface area contributed by atoms with E-state index in [1.807, 2.05) is 6.92 Å². The van der Waals surface area contributed by atoms with Crippen molar-refractivity contribution in [1.29, 1.82) is 0 Å². The van der Waals surface area contributed by atoms with Gasteiger partial charge in [0.15, 0.2) is 0 Å². The van der Waals surface area contributed by atoms with Crippen LogP contribution < -0.4 is 0 Å². The molecular weight excluding hydrogens is 424 g/mol. The Hall–Kier alpha value is -1.45. The van der Waals surface area contributed by atoms with Crippen molar-refractivity contribution in [2.24, 2.45) is 50.2 Å². The lowest BCUT2D eigenvalue weighted by atomic mass is 9.32. The lowest BCUT2D eigenvalue weighted by molar-refractivity contribution is -0.212. The second kappa shape index (κ2) is 7.07. The number of Topliss-reactive ketones (excluding diaryl/α,β-unsaturated/α-hetero) is 1. The molecule has 0 heterocycles. The highest BCUT2D eigenvalue weighted by atomic mass is 16.4. The molecule has 4 saturated carbocycles. The van der Waals surface area contributed by atoms with Gasteiger partial charge in [-0.1, -0.05) is 46.3 Å². The summed E-state index contributed by atoms with van der Waals surface area (Å²) in [6.45, 7) is 13.8. The number of aldehydes is 1. The molecule has 4 nitrogen and oxygen atoms in total. The summed E-state index contributed by atoms with van der Waals surface area (Å²) in [7, 11) is 0. The highest BCUT2D eigenvalue weighted by Crippen LogP contribution is 2.76. The number of fused-ring (bicyclic) bond motifs is 7. The lowest BCUT2D eigenvalue weighted by Gasteiger charge is -2.71. The fourth-order valence-electron chi connectivity index (χ4n) is 10.4. The Balaban J connectivity index is 1.59. The molecule has 0 aromatic rings. The maximum Gasteiger partial charge on any atom is 0.313 e. The van der Waals surface area contributed by atoms with E-state index in [-0.39, 0.29) is 33.4 Å². The minimum Gasteiger partial charge on any atom is -0.481 e. The maximum absolute atomic E-state index is 12.9. The summed E-state index contributed by atoms with van der Waals surface area (Å²) in [5, 5.41) is 10.5. The van der Waals surface area contributed by atoms with Crippen LogP contribution in [0.1, 0.15) is 106 Å². The van der Waals surface area contributed by atoms with Gasteiger partial charge in [0, 0.05) is 6.42 Å². The first kappa shape index (κ1) is 24.3. The largest absolute Gasteiger partial charge is 0.481 e. The lowest BCUT2D eigenvalue weighted by Crippen LogP contribution is -2.66. The molecule has 0 saturated heterocycles. The summed E-state index contributed by atoms with van der Waals surface area (Å²) in [5.74, 6) is 0.396. The SMILES string of the molecule is CC1(C)C=C2C3CCC4C5(C)CCC(=O)C(C)(C=O)C5CCC4(C)C3(C)CCC2(C(=O)O)CC1. The van der Waals surface area contributed by atoms with Gasteiger partial charge in [0.1, 0.15) is 12.1 Å². The maximum atomic E-state index is 12.9. The average Bonchev–Trinajstić information content (AvgIpc) is 2.76. The summed E-state index contributed by atoms with van der Waals surface area (Å²) in [5.41, 5.74) is -0.159. The Kier molecular flexibility index (Phi) is 5.04. The number of rotatable bonds is 2. The van der Waals surface area contributed by atoms with Crippen LogP contribution in [0.5, 0.6) is 0 Å². The molecule has 188 valence electrons. The van der Waals surface area contributed by atoms with E-state index in [2.05, 4.69) is 40.7 Å². The minimum absolute atomic E-state index is 0.0217. The molecule has 1 N–H and O–H groups in total. The Morgan fingerprint density at radius 3 is 2.21 bits per heavy atom. The molecule has 5 aliphatic carbocycles. The van der Waals surface area contributed by atoms with E-state index in [0.29, 0.717) is 18.3 Å². The van der Waals surface area contributed by atoms with Crippen molar-refractivity contribution in [1.82, 2.24) is 0 Å². The van der Waals surface area contributed by atoms with E-state index in [9.17, 15) is 19.5 Å². The summed E-state index contributed by atoms with van der Waals surface area (Å²) >= 11 is 0. The monoisotopic (exact) mass is 468 g/mol. The van der Waals surface area contributed by atoms with Crippen LogP contribution in [0.15, 0.2) is 11.6 Å². The molecule has 0 amide bonds. The van der Waals surface area contributed by atoms with Crippen LogP contribution in [0, 0.1) is 50.2 Å². The highest BCUT2D eigenvalue weighted by Gasteiger charge is 2.70. The number of hydrogen-bond acceptors (Lipinski definition) is 3. The number of carbonyl (C=O) groups excluding carboxylic acids is 2. The molecule has 4 heteroatoms. The van der Waals surface area contributed by atoms with Crippen LogP contribution in [0.3, 0.4) is 0 Å². The third kappa shape index (κ3) is 2.75. The molecule has 5 aliphatic rings. The molecule has 5 rings (SSSR count). The topological polar surface area (TPSA) is 71.4 Å². The van der Waals surface area contributed by atoms with Crippen LogP contribution in [0.25, 0.3) is 0 Å². The van der Waals surface area contributed by atoms with E-state index in [0.717, 1.165) is 64.1 Å². The molecule has 8 atom stereocenters. The van der Waals surface area contributed by atoms with Crippen LogP contribution in [-0.2, 0) is 14.4 Å². The zero-order valence-electron chi connectivity index (χ0n) is 22.1. The zero-order chi connectivity index (χ0) is 24.9. The molecule has 8 unspecified atom stereocenters. The second-order valence-electron chi connectivity index (χ2n) is 14.4. The molecule has 0 radical (unpaired) electrons. The van der Waals surface area contributed by atoms with E-state index >= 15 is 0 Å². The number of hydrogen-bond donors (Lipinski definition) is 1. The van der Waals surface area contributed by atoms with Crippen LogP contribution >= 0.6 is 0 Å². The van der Waals surface area contributed by atoms with Gasteiger partial charge in [-0.2, -0.15) is 0 Å². The van der Waals surface area contributed by atoms with Gasteiger partial charge in [0.2, 0.25) is 0 Å². The average molecular weight is 469 g/mol. The molecule has 0 bridgehead atoms. The Labute approximate surface area is 205 Å². The Morgan fingerprint density at radius 1 is 0.882 bits per heavy atom. The fraction of sp³-hybridized carbons (Fsp3) is 0.833. The van der Waals surface area contributed by atoms with Crippen molar-refractivity contribution < 1.29 is 19.5 Å². The van der Waals surface area contributed by atoms with Crippen LogP contribution in [0.4, 0.5) is 0 Å². The fourth-order valence-corrected chi connectivity index (χ4v) is 10.4. The first-order valence-corrected chi connectivity index (χ1v) is 13.7. The van der Waals surface area contributed by atoms with Gasteiger partial charge in [-0.05, 0) is 104 Å². The van der Waals surface area contributed by atoms with Crippen molar-refractivity contribution in [3.63, 3.8) is 0 Å². The Bertz CT molecular complexity index is 978. The predicted molar refractivity (Wildman–Crippen MR) is 132 cm³/mol. The van der Waals surface area contributed by atoms with Gasteiger partial charge in [-0.25, -0.2) is 0 Å². The Morgan fingerprint density at radius 2 is 1.56 bits per heavy atom. The van der Waals surface area contributed by atoms with Gasteiger partial charge in [0.25, 0.3) is 0 Å². The summed E-state index contributed by atoms with van der Waals surface area (Å²) in [6, 6.07) is 0. The molecule has 0 spiro atoms. The summed E-state index contributed by atoms with van der Waals surface area (Å²) < 4.78 is 0. The van der Waals surface area contributed by atoms with Gasteiger partial charge in [-0.15, -0.1) is 0 Å². The number of carboxylic acids is 1. The van der Waals surface area contributed by atoms with Crippen molar-refractivity contribution in [2.45, 2.75) is 106 Å². The quantitative estimate of drug-likeness (QED) is 0.281. The minimum atomic E-state index is -0.854. The molecule has 0 aromatic heterocycles. The number of aliphatic carboxylic acids is 1. The van der Waals surface area contributed by atoms with Crippen molar-refractivity contribution in [3.05, 3.63) is 11.6 Å². The van der Waals surface area contributed by atoms with Crippen molar-refractivity contribution in [3.8, 4) is 0 Å². The number of ketones is 1. The number of allylic oxidation sites excluding steroid dienone is 1. The van der Waals surface area contributed by atoms with Crippen molar-refractivity contribution >= 4 is 18.0 Å². The van der Waals surface area contributed by atoms with Crippen molar-refractivity contribution in [2.75, 3.05) is 0 Å². The van der Waals surface area contributed by atoms with Crippen LogP contribution in [0.2, 0.25) is 0 Å². The summed E-state index contributed by atoms with van der Waals surface area (Å²) in [4.78, 5) is 37.9. The standard InChI is InChI=1S/C30H44O4/c1-25(2)13-15-30(24(33)34)16-14-28(5)19(20(30)17-25)7-8-22-26(3)11-10-23(32)27(4,18-31)21(26)9-12-29(22,28)6/h17-19,21-22H,7-16H2,1-6H3,(H,33,34). The molecular formula is C30H44O4. The van der Waals surface area contributed by atoms with E-state index in [1.165, 1.54) is 5.57 Å². The third-order valence-corrected chi connectivity index (χ3v) is 12.7. The first-order chi connectivity index (χ1) is 15.7. The van der Waals surface area contributed by atoms with E-state index in [4.69, 9.17) is 0 Å². The zero-order valence-corrected chi connectivity index (χ0v) is 22.1. The predicted octanol–water partition coefficient (Wildman–Crippen LogP) is 6.62. The molecule has 4 fully saturated rings. The third-order valence-electron chi connectivity index (χ3n) is 12.7. The van der Waals surface area contributed by atoms with Crippen LogP contribution in [-0.4, -0.2) is 23.1 Å².